The number of aryl methyl sites for hydroxylation is 1. The number of benzene rings is 3. The average molecular weight is 413 g/mol. The lowest BCUT2D eigenvalue weighted by Crippen LogP contribution is -2.06. The van der Waals surface area contributed by atoms with Crippen LogP contribution in [0.3, 0.4) is 0 Å². The summed E-state index contributed by atoms with van der Waals surface area (Å²) >= 11 is 1.41. The number of carbonyl (C=O) groups is 1. The standard InChI is InChI=1S/C25H20N2O2S/c1-2-15-27-21-10-6-5-9-20(21)26-24(27)22-13-14-23(30-22)25(28)29-19-12-11-17-7-3-4-8-18(17)16-19/h3-14,16H,2,15H2,1H3. The van der Waals surface area contributed by atoms with E-state index in [-0.39, 0.29) is 5.97 Å². The van der Waals surface area contributed by atoms with Crippen LogP contribution in [0.5, 0.6) is 5.75 Å². The van der Waals surface area contributed by atoms with Gasteiger partial charge in [-0.05, 0) is 53.6 Å². The van der Waals surface area contributed by atoms with E-state index in [1.165, 1.54) is 11.3 Å². The Morgan fingerprint density at radius 3 is 2.63 bits per heavy atom. The summed E-state index contributed by atoms with van der Waals surface area (Å²) < 4.78 is 7.86. The van der Waals surface area contributed by atoms with Gasteiger partial charge in [0.1, 0.15) is 10.6 Å². The van der Waals surface area contributed by atoms with Crippen molar-refractivity contribution >= 4 is 39.1 Å². The summed E-state index contributed by atoms with van der Waals surface area (Å²) in [5.41, 5.74) is 2.08. The van der Waals surface area contributed by atoms with Gasteiger partial charge in [-0.3, -0.25) is 0 Å². The quantitative estimate of drug-likeness (QED) is 0.243. The fraction of sp³-hybridized carbons (Fsp3) is 0.120. The maximum atomic E-state index is 12.7. The lowest BCUT2D eigenvalue weighted by Gasteiger charge is -2.06. The lowest BCUT2D eigenvalue weighted by atomic mass is 10.1. The van der Waals surface area contributed by atoms with Gasteiger partial charge in [-0.1, -0.05) is 49.4 Å². The van der Waals surface area contributed by atoms with Crippen molar-refractivity contribution in [2.45, 2.75) is 19.9 Å². The molecule has 2 heterocycles. The van der Waals surface area contributed by atoms with Gasteiger partial charge in [-0.15, -0.1) is 11.3 Å². The van der Waals surface area contributed by atoms with Crippen LogP contribution in [0.15, 0.2) is 78.9 Å². The van der Waals surface area contributed by atoms with E-state index in [1.807, 2.05) is 72.8 Å². The monoisotopic (exact) mass is 412 g/mol. The first-order chi connectivity index (χ1) is 14.7. The summed E-state index contributed by atoms with van der Waals surface area (Å²) in [4.78, 5) is 19.1. The number of hydrogen-bond acceptors (Lipinski definition) is 4. The molecule has 30 heavy (non-hydrogen) atoms. The summed E-state index contributed by atoms with van der Waals surface area (Å²) in [6.45, 7) is 3.03. The molecular formula is C25H20N2O2S. The van der Waals surface area contributed by atoms with E-state index < -0.39 is 0 Å². The molecule has 0 atom stereocenters. The molecule has 0 bridgehead atoms. The predicted molar refractivity (Wildman–Crippen MR) is 122 cm³/mol. The van der Waals surface area contributed by atoms with Gasteiger partial charge in [0.05, 0.1) is 15.9 Å². The molecule has 0 saturated heterocycles. The van der Waals surface area contributed by atoms with Crippen LogP contribution in [0.1, 0.15) is 23.0 Å². The van der Waals surface area contributed by atoms with Gasteiger partial charge in [-0.2, -0.15) is 0 Å². The third-order valence-electron chi connectivity index (χ3n) is 5.06. The van der Waals surface area contributed by atoms with Crippen molar-refractivity contribution in [1.82, 2.24) is 9.55 Å². The highest BCUT2D eigenvalue weighted by Gasteiger charge is 2.17. The third-order valence-corrected chi connectivity index (χ3v) is 6.12. The van der Waals surface area contributed by atoms with Crippen LogP contribution in [-0.2, 0) is 6.54 Å². The van der Waals surface area contributed by atoms with Crippen LogP contribution in [-0.4, -0.2) is 15.5 Å². The van der Waals surface area contributed by atoms with Crippen LogP contribution in [0.4, 0.5) is 0 Å². The molecule has 0 amide bonds. The van der Waals surface area contributed by atoms with E-state index in [0.717, 1.165) is 45.5 Å². The second-order valence-electron chi connectivity index (χ2n) is 7.14. The molecule has 5 rings (SSSR count). The second-order valence-corrected chi connectivity index (χ2v) is 8.22. The highest BCUT2D eigenvalue weighted by molar-refractivity contribution is 7.17. The normalized spacial score (nSPS) is 11.2. The van der Waals surface area contributed by atoms with E-state index in [2.05, 4.69) is 17.6 Å². The first-order valence-electron chi connectivity index (χ1n) is 9.99. The first-order valence-corrected chi connectivity index (χ1v) is 10.8. The predicted octanol–water partition coefficient (Wildman–Crippen LogP) is 6.55. The van der Waals surface area contributed by atoms with Gasteiger partial charge in [0.25, 0.3) is 0 Å². The third kappa shape index (κ3) is 3.37. The lowest BCUT2D eigenvalue weighted by molar-refractivity contribution is 0.0740. The highest BCUT2D eigenvalue weighted by atomic mass is 32.1. The Hall–Kier alpha value is -3.44. The van der Waals surface area contributed by atoms with Crippen molar-refractivity contribution in [1.29, 1.82) is 0 Å². The number of nitrogens with zero attached hydrogens (tertiary/aromatic N) is 2. The van der Waals surface area contributed by atoms with Crippen molar-refractivity contribution in [3.8, 4) is 16.5 Å². The summed E-state index contributed by atoms with van der Waals surface area (Å²) in [5, 5.41) is 2.16. The minimum atomic E-state index is -0.348. The van der Waals surface area contributed by atoms with Gasteiger partial charge in [0.2, 0.25) is 0 Å². The van der Waals surface area contributed by atoms with Crippen molar-refractivity contribution in [3.63, 3.8) is 0 Å². The molecule has 0 saturated carbocycles. The number of aromatic nitrogens is 2. The highest BCUT2D eigenvalue weighted by Crippen LogP contribution is 2.31. The van der Waals surface area contributed by atoms with Crippen molar-refractivity contribution in [3.05, 3.63) is 83.7 Å². The number of rotatable bonds is 5. The minimum absolute atomic E-state index is 0.348. The SMILES string of the molecule is CCCn1c(-c2ccc(C(=O)Oc3ccc4ccccc4c3)s2)nc2ccccc21. The van der Waals surface area contributed by atoms with E-state index >= 15 is 0 Å². The first kappa shape index (κ1) is 18.6. The Bertz CT molecular complexity index is 1370. The molecule has 2 aromatic heterocycles. The molecule has 5 heteroatoms. The van der Waals surface area contributed by atoms with Gasteiger partial charge < -0.3 is 9.30 Å². The molecule has 148 valence electrons. The Kier molecular flexibility index (Phi) is 4.81. The number of carbonyl (C=O) groups excluding carboxylic acids is 1. The number of thiophene rings is 1. The molecular weight excluding hydrogens is 392 g/mol. The number of para-hydroxylation sites is 2. The van der Waals surface area contributed by atoms with Crippen LogP contribution in [0, 0.1) is 0 Å². The van der Waals surface area contributed by atoms with E-state index in [4.69, 9.17) is 9.72 Å². The molecule has 0 aliphatic heterocycles. The van der Waals surface area contributed by atoms with E-state index in [1.54, 1.807) is 0 Å². The van der Waals surface area contributed by atoms with Gasteiger partial charge in [-0.25, -0.2) is 9.78 Å². The molecule has 3 aromatic carbocycles. The molecule has 0 N–H and O–H groups in total. The number of fused-ring (bicyclic) bond motifs is 2. The number of imidazole rings is 1. The Morgan fingerprint density at radius 1 is 0.967 bits per heavy atom. The Balaban J connectivity index is 1.44. The topological polar surface area (TPSA) is 44.1 Å². The fourth-order valence-corrected chi connectivity index (χ4v) is 4.55. The van der Waals surface area contributed by atoms with Crippen molar-refractivity contribution in [2.75, 3.05) is 0 Å². The number of esters is 1. The molecule has 0 unspecified atom stereocenters. The number of ether oxygens (including phenoxy) is 1. The van der Waals surface area contributed by atoms with E-state index in [0.29, 0.717) is 10.6 Å². The molecule has 5 aromatic rings. The smallest absolute Gasteiger partial charge is 0.353 e. The van der Waals surface area contributed by atoms with Gasteiger partial charge in [0, 0.05) is 6.54 Å². The van der Waals surface area contributed by atoms with Crippen LogP contribution in [0.25, 0.3) is 32.5 Å². The zero-order valence-electron chi connectivity index (χ0n) is 16.5. The van der Waals surface area contributed by atoms with Crippen LogP contribution >= 0.6 is 11.3 Å². The summed E-state index contributed by atoms with van der Waals surface area (Å²) in [5.74, 6) is 1.10. The molecule has 0 aliphatic carbocycles. The van der Waals surface area contributed by atoms with Crippen molar-refractivity contribution in [2.24, 2.45) is 0 Å². The molecule has 0 spiro atoms. The van der Waals surface area contributed by atoms with Crippen LogP contribution < -0.4 is 4.74 Å². The molecule has 0 aliphatic rings. The van der Waals surface area contributed by atoms with Gasteiger partial charge >= 0.3 is 5.97 Å². The average Bonchev–Trinajstić information content (AvgIpc) is 3.39. The molecule has 0 radical (unpaired) electrons. The zero-order valence-corrected chi connectivity index (χ0v) is 17.4. The summed E-state index contributed by atoms with van der Waals surface area (Å²) in [7, 11) is 0. The molecule has 4 nitrogen and oxygen atoms in total. The Morgan fingerprint density at radius 2 is 1.77 bits per heavy atom. The Labute approximate surface area is 178 Å². The fourth-order valence-electron chi connectivity index (χ4n) is 3.67. The summed E-state index contributed by atoms with van der Waals surface area (Å²) in [6.07, 6.45) is 1.01. The van der Waals surface area contributed by atoms with Crippen molar-refractivity contribution < 1.29 is 9.53 Å². The minimum Gasteiger partial charge on any atom is -0.422 e. The van der Waals surface area contributed by atoms with Gasteiger partial charge in [0.15, 0.2) is 5.82 Å². The zero-order chi connectivity index (χ0) is 20.5. The largest absolute Gasteiger partial charge is 0.422 e. The molecule has 0 fully saturated rings. The number of hydrogen-bond donors (Lipinski definition) is 0. The van der Waals surface area contributed by atoms with E-state index in [9.17, 15) is 4.79 Å². The maximum absolute atomic E-state index is 12.7. The van der Waals surface area contributed by atoms with Crippen LogP contribution in [0.2, 0.25) is 0 Å². The summed E-state index contributed by atoms with van der Waals surface area (Å²) in [6, 6.07) is 25.6. The second kappa shape index (κ2) is 7.76. The maximum Gasteiger partial charge on any atom is 0.353 e.